The quantitative estimate of drug-likeness (QED) is 0.812. The van der Waals surface area contributed by atoms with Crippen LogP contribution in [0.5, 0.6) is 0 Å². The van der Waals surface area contributed by atoms with Crippen LogP contribution in [-0.2, 0) is 11.2 Å². The number of hydrogen-bond acceptors (Lipinski definition) is 1. The van der Waals surface area contributed by atoms with Crippen molar-refractivity contribution < 1.29 is 13.6 Å². The van der Waals surface area contributed by atoms with Crippen molar-refractivity contribution in [2.75, 3.05) is 7.05 Å². The Morgan fingerprint density at radius 3 is 2.67 bits per heavy atom. The van der Waals surface area contributed by atoms with Crippen LogP contribution in [0.1, 0.15) is 11.1 Å². The average molecular weight is 211 g/mol. The van der Waals surface area contributed by atoms with Crippen LogP contribution >= 0.6 is 0 Å². The summed E-state index contributed by atoms with van der Waals surface area (Å²) >= 11 is 0. The molecule has 0 unspecified atom stereocenters. The first-order valence-electron chi connectivity index (χ1n) is 4.39. The first-order valence-corrected chi connectivity index (χ1v) is 4.39. The lowest BCUT2D eigenvalue weighted by Gasteiger charge is -2.04. The SMILES string of the molecule is C=Cc1cc(F)c(CC(=O)NC)cc1F. The van der Waals surface area contributed by atoms with Crippen LogP contribution in [0.3, 0.4) is 0 Å². The van der Waals surface area contributed by atoms with Gasteiger partial charge in [0, 0.05) is 18.2 Å². The first kappa shape index (κ1) is 11.4. The monoisotopic (exact) mass is 211 g/mol. The molecule has 2 nitrogen and oxygen atoms in total. The number of hydrogen-bond donors (Lipinski definition) is 1. The van der Waals surface area contributed by atoms with E-state index in [2.05, 4.69) is 11.9 Å². The van der Waals surface area contributed by atoms with Crippen molar-refractivity contribution in [2.45, 2.75) is 6.42 Å². The van der Waals surface area contributed by atoms with E-state index in [9.17, 15) is 13.6 Å². The van der Waals surface area contributed by atoms with E-state index in [1.807, 2.05) is 0 Å². The molecule has 0 saturated heterocycles. The van der Waals surface area contributed by atoms with Crippen molar-refractivity contribution in [1.29, 1.82) is 0 Å². The molecule has 1 aromatic carbocycles. The third-order valence-electron chi connectivity index (χ3n) is 2.02. The van der Waals surface area contributed by atoms with E-state index in [4.69, 9.17) is 0 Å². The van der Waals surface area contributed by atoms with E-state index in [1.165, 1.54) is 13.1 Å². The van der Waals surface area contributed by atoms with Crippen LogP contribution in [0.25, 0.3) is 6.08 Å². The summed E-state index contributed by atoms with van der Waals surface area (Å²) in [6, 6.07) is 2.04. The van der Waals surface area contributed by atoms with E-state index < -0.39 is 11.6 Å². The predicted octanol–water partition coefficient (Wildman–Crippen LogP) is 1.90. The number of halogens is 2. The molecule has 0 radical (unpaired) electrons. The smallest absolute Gasteiger partial charge is 0.224 e. The number of carbonyl (C=O) groups is 1. The lowest BCUT2D eigenvalue weighted by Crippen LogP contribution is -2.20. The standard InChI is InChI=1S/C11H11F2NO/c1-3-7-4-10(13)8(5-9(7)12)6-11(15)14-2/h3-5H,1,6H2,2H3,(H,14,15). The van der Waals surface area contributed by atoms with Gasteiger partial charge in [0.15, 0.2) is 0 Å². The van der Waals surface area contributed by atoms with Crippen LogP contribution in [-0.4, -0.2) is 13.0 Å². The van der Waals surface area contributed by atoms with Gasteiger partial charge in [-0.3, -0.25) is 4.79 Å². The van der Waals surface area contributed by atoms with Crippen molar-refractivity contribution >= 4 is 12.0 Å². The van der Waals surface area contributed by atoms with Gasteiger partial charge in [0.05, 0.1) is 6.42 Å². The summed E-state index contributed by atoms with van der Waals surface area (Å²) in [6.45, 7) is 3.35. The van der Waals surface area contributed by atoms with Gasteiger partial charge >= 0.3 is 0 Å². The van der Waals surface area contributed by atoms with Crippen LogP contribution in [0.4, 0.5) is 8.78 Å². The molecule has 0 aromatic heterocycles. The number of likely N-dealkylation sites (N-methyl/N-ethyl adjacent to an activating group) is 1. The normalized spacial score (nSPS) is 9.80. The molecule has 1 amide bonds. The fourth-order valence-corrected chi connectivity index (χ4v) is 1.16. The Balaban J connectivity index is 3.05. The molecule has 4 heteroatoms. The number of carbonyl (C=O) groups excluding carboxylic acids is 1. The lowest BCUT2D eigenvalue weighted by atomic mass is 10.1. The summed E-state index contributed by atoms with van der Waals surface area (Å²) in [4.78, 5) is 11.0. The Hall–Kier alpha value is -1.71. The molecule has 0 aliphatic heterocycles. The average Bonchev–Trinajstić information content (AvgIpc) is 2.22. The van der Waals surface area contributed by atoms with Crippen LogP contribution in [0, 0.1) is 11.6 Å². The van der Waals surface area contributed by atoms with Gasteiger partial charge in [-0.1, -0.05) is 12.7 Å². The Kier molecular flexibility index (Phi) is 3.55. The van der Waals surface area contributed by atoms with Gasteiger partial charge in [-0.15, -0.1) is 0 Å². The van der Waals surface area contributed by atoms with Gasteiger partial charge < -0.3 is 5.32 Å². The highest BCUT2D eigenvalue weighted by molar-refractivity contribution is 5.78. The number of amides is 1. The summed E-state index contributed by atoms with van der Waals surface area (Å²) in [7, 11) is 1.44. The molecule has 0 heterocycles. The van der Waals surface area contributed by atoms with Crippen molar-refractivity contribution in [3.05, 3.63) is 41.5 Å². The van der Waals surface area contributed by atoms with Crippen LogP contribution < -0.4 is 5.32 Å². The fraction of sp³-hybridized carbons (Fsp3) is 0.182. The van der Waals surface area contributed by atoms with E-state index in [1.54, 1.807) is 0 Å². The zero-order valence-corrected chi connectivity index (χ0v) is 8.31. The number of rotatable bonds is 3. The zero-order valence-electron chi connectivity index (χ0n) is 8.31. The molecule has 0 spiro atoms. The molecule has 0 fully saturated rings. The van der Waals surface area contributed by atoms with Gasteiger partial charge in [-0.2, -0.15) is 0 Å². The summed E-state index contributed by atoms with van der Waals surface area (Å²) in [5.41, 5.74) is 0.130. The summed E-state index contributed by atoms with van der Waals surface area (Å²) in [6.07, 6.45) is 1.05. The molecule has 80 valence electrons. The minimum absolute atomic E-state index is 0.0393. The van der Waals surface area contributed by atoms with Crippen LogP contribution in [0.15, 0.2) is 18.7 Å². The highest BCUT2D eigenvalue weighted by Crippen LogP contribution is 2.16. The largest absolute Gasteiger partial charge is 0.359 e. The molecule has 1 rings (SSSR count). The second kappa shape index (κ2) is 4.68. The van der Waals surface area contributed by atoms with E-state index >= 15 is 0 Å². The highest BCUT2D eigenvalue weighted by atomic mass is 19.1. The summed E-state index contributed by atoms with van der Waals surface area (Å²) < 4.78 is 26.5. The molecule has 15 heavy (non-hydrogen) atoms. The third-order valence-corrected chi connectivity index (χ3v) is 2.02. The maximum absolute atomic E-state index is 13.3. The summed E-state index contributed by atoms with van der Waals surface area (Å²) in [5, 5.41) is 2.34. The molecular formula is C11H11F2NO. The predicted molar refractivity (Wildman–Crippen MR) is 54.2 cm³/mol. The maximum Gasteiger partial charge on any atom is 0.224 e. The maximum atomic E-state index is 13.3. The molecule has 0 aliphatic carbocycles. The Morgan fingerprint density at radius 2 is 2.13 bits per heavy atom. The molecule has 0 saturated carbocycles. The minimum Gasteiger partial charge on any atom is -0.359 e. The summed E-state index contributed by atoms with van der Waals surface area (Å²) in [5.74, 6) is -1.54. The van der Waals surface area contributed by atoms with Gasteiger partial charge in [0.2, 0.25) is 5.91 Å². The van der Waals surface area contributed by atoms with Gasteiger partial charge in [-0.25, -0.2) is 8.78 Å². The topological polar surface area (TPSA) is 29.1 Å². The molecule has 0 atom stereocenters. The van der Waals surface area contributed by atoms with E-state index in [0.29, 0.717) is 0 Å². The van der Waals surface area contributed by atoms with Gasteiger partial charge in [0.1, 0.15) is 11.6 Å². The Bertz CT molecular complexity index is 402. The molecule has 1 N–H and O–H groups in total. The molecular weight excluding hydrogens is 200 g/mol. The number of benzene rings is 1. The van der Waals surface area contributed by atoms with E-state index in [0.717, 1.165) is 12.1 Å². The van der Waals surface area contributed by atoms with Crippen molar-refractivity contribution in [1.82, 2.24) is 5.32 Å². The lowest BCUT2D eigenvalue weighted by molar-refractivity contribution is -0.120. The highest BCUT2D eigenvalue weighted by Gasteiger charge is 2.10. The van der Waals surface area contributed by atoms with E-state index in [-0.39, 0.29) is 23.5 Å². The van der Waals surface area contributed by atoms with Gasteiger partial charge in [0.25, 0.3) is 0 Å². The Morgan fingerprint density at radius 1 is 1.47 bits per heavy atom. The zero-order chi connectivity index (χ0) is 11.4. The fourth-order valence-electron chi connectivity index (χ4n) is 1.16. The second-order valence-corrected chi connectivity index (χ2v) is 3.02. The minimum atomic E-state index is -0.602. The molecule has 1 aromatic rings. The van der Waals surface area contributed by atoms with Gasteiger partial charge in [-0.05, 0) is 12.1 Å². The third kappa shape index (κ3) is 2.62. The Labute approximate surface area is 86.6 Å². The molecule has 0 bridgehead atoms. The van der Waals surface area contributed by atoms with Crippen molar-refractivity contribution in [2.24, 2.45) is 0 Å². The van der Waals surface area contributed by atoms with Crippen molar-refractivity contribution in [3.63, 3.8) is 0 Å². The van der Waals surface area contributed by atoms with Crippen LogP contribution in [0.2, 0.25) is 0 Å². The van der Waals surface area contributed by atoms with Crippen molar-refractivity contribution in [3.8, 4) is 0 Å². The second-order valence-electron chi connectivity index (χ2n) is 3.02. The first-order chi connectivity index (χ1) is 7.08. The molecule has 0 aliphatic rings. The number of nitrogens with one attached hydrogen (secondary N) is 1.